The van der Waals surface area contributed by atoms with E-state index in [9.17, 15) is 14.4 Å². The first-order valence-corrected chi connectivity index (χ1v) is 13.1. The van der Waals surface area contributed by atoms with Gasteiger partial charge in [-0.25, -0.2) is 4.79 Å². The van der Waals surface area contributed by atoms with Gasteiger partial charge in [0, 0.05) is 31.7 Å². The Bertz CT molecular complexity index is 1410. The third-order valence-electron chi connectivity index (χ3n) is 6.80. The molecule has 39 heavy (non-hydrogen) atoms. The lowest BCUT2D eigenvalue weighted by Gasteiger charge is -2.34. The van der Waals surface area contributed by atoms with Crippen molar-refractivity contribution in [2.75, 3.05) is 37.7 Å². The minimum absolute atomic E-state index is 0.0963. The molecule has 2 aliphatic heterocycles. The van der Waals surface area contributed by atoms with Crippen molar-refractivity contribution >= 4 is 29.7 Å². The zero-order chi connectivity index (χ0) is 27.4. The van der Waals surface area contributed by atoms with E-state index in [1.54, 1.807) is 52.0 Å². The van der Waals surface area contributed by atoms with Crippen molar-refractivity contribution in [2.45, 2.75) is 20.4 Å². The van der Waals surface area contributed by atoms with Gasteiger partial charge in [-0.2, -0.15) is 0 Å². The van der Waals surface area contributed by atoms with Crippen molar-refractivity contribution in [2.24, 2.45) is 0 Å². The lowest BCUT2D eigenvalue weighted by atomic mass is 10.1. The number of hydrogen-bond donors (Lipinski definition) is 0. The van der Waals surface area contributed by atoms with Gasteiger partial charge in [-0.1, -0.05) is 54.1 Å². The summed E-state index contributed by atoms with van der Waals surface area (Å²) < 4.78 is 11.1. The molecule has 0 spiro atoms. The summed E-state index contributed by atoms with van der Waals surface area (Å²) in [6.07, 6.45) is 1.36. The van der Waals surface area contributed by atoms with Crippen molar-refractivity contribution in [3.63, 3.8) is 0 Å². The average Bonchev–Trinajstić information content (AvgIpc) is 2.95. The second kappa shape index (κ2) is 11.4. The molecule has 8 nitrogen and oxygen atoms in total. The van der Waals surface area contributed by atoms with Crippen molar-refractivity contribution in [3.05, 3.63) is 101 Å². The molecule has 3 aromatic carbocycles. The smallest absolute Gasteiger partial charge is 0.409 e. The minimum Gasteiger partial charge on any atom is -0.450 e. The van der Waals surface area contributed by atoms with E-state index < -0.39 is 0 Å². The highest BCUT2D eigenvalue weighted by Crippen LogP contribution is 2.36. The lowest BCUT2D eigenvalue weighted by Crippen LogP contribution is -2.50. The summed E-state index contributed by atoms with van der Waals surface area (Å²) in [5.74, 6) is 0.510. The number of benzene rings is 3. The molecule has 0 unspecified atom stereocenters. The van der Waals surface area contributed by atoms with Crippen molar-refractivity contribution in [1.29, 1.82) is 0 Å². The first kappa shape index (κ1) is 26.0. The molecule has 1 saturated heterocycles. The van der Waals surface area contributed by atoms with E-state index in [0.717, 1.165) is 22.4 Å². The number of para-hydroxylation sites is 2. The van der Waals surface area contributed by atoms with Crippen LogP contribution in [0.3, 0.4) is 0 Å². The van der Waals surface area contributed by atoms with E-state index in [-0.39, 0.29) is 23.7 Å². The summed E-state index contributed by atoms with van der Waals surface area (Å²) >= 11 is 0. The molecule has 3 aromatic rings. The zero-order valence-electron chi connectivity index (χ0n) is 22.1. The molecule has 2 heterocycles. The van der Waals surface area contributed by atoms with Crippen LogP contribution in [0.5, 0.6) is 5.75 Å². The number of carbonyl (C=O) groups excluding carboxylic acids is 3. The van der Waals surface area contributed by atoms with Gasteiger partial charge in [0.25, 0.3) is 11.8 Å². The van der Waals surface area contributed by atoms with Crippen LogP contribution in [0.2, 0.25) is 0 Å². The van der Waals surface area contributed by atoms with Crippen LogP contribution in [0, 0.1) is 6.92 Å². The van der Waals surface area contributed by atoms with Crippen LogP contribution in [-0.2, 0) is 16.1 Å². The monoisotopic (exact) mass is 525 g/mol. The number of fused-ring (bicyclic) bond motifs is 1. The van der Waals surface area contributed by atoms with Gasteiger partial charge in [0.1, 0.15) is 0 Å². The molecule has 0 aromatic heterocycles. The van der Waals surface area contributed by atoms with Crippen LogP contribution >= 0.6 is 0 Å². The Labute approximate surface area is 228 Å². The number of aryl methyl sites for hydroxylation is 1. The van der Waals surface area contributed by atoms with Crippen molar-refractivity contribution in [1.82, 2.24) is 9.80 Å². The first-order chi connectivity index (χ1) is 18.9. The van der Waals surface area contributed by atoms with Gasteiger partial charge in [0.05, 0.1) is 18.8 Å². The van der Waals surface area contributed by atoms with Gasteiger partial charge < -0.3 is 19.3 Å². The summed E-state index contributed by atoms with van der Waals surface area (Å²) in [4.78, 5) is 43.5. The summed E-state index contributed by atoms with van der Waals surface area (Å²) in [7, 11) is 0. The highest BCUT2D eigenvalue weighted by Gasteiger charge is 2.30. The second-order valence-electron chi connectivity index (χ2n) is 9.56. The fraction of sp³-hybridized carbons (Fsp3) is 0.258. The van der Waals surface area contributed by atoms with Gasteiger partial charge >= 0.3 is 6.09 Å². The van der Waals surface area contributed by atoms with E-state index in [4.69, 9.17) is 9.47 Å². The van der Waals surface area contributed by atoms with Gasteiger partial charge in [-0.15, -0.1) is 0 Å². The molecule has 8 heteroatoms. The third-order valence-corrected chi connectivity index (χ3v) is 6.80. The summed E-state index contributed by atoms with van der Waals surface area (Å²) in [6.45, 7) is 6.33. The third kappa shape index (κ3) is 5.80. The lowest BCUT2D eigenvalue weighted by molar-refractivity contribution is -0.117. The Morgan fingerprint density at radius 1 is 0.923 bits per heavy atom. The largest absolute Gasteiger partial charge is 0.450 e. The second-order valence-corrected chi connectivity index (χ2v) is 9.56. The molecular weight excluding hydrogens is 494 g/mol. The van der Waals surface area contributed by atoms with E-state index in [1.807, 2.05) is 49.4 Å². The standard InChI is InChI=1S/C31H31N3O5/c1-3-38-31(37)33-17-15-32(16-18-33)29(35)25-13-11-23(12-14-25)20-28-30(36)34(21-24-8-6-7-22(2)19-24)26-9-4-5-10-27(26)39-28/h4-14,19-20H,3,15-18,21H2,1-2H3. The van der Waals surface area contributed by atoms with E-state index in [2.05, 4.69) is 6.07 Å². The molecule has 200 valence electrons. The van der Waals surface area contributed by atoms with E-state index in [0.29, 0.717) is 50.6 Å². The van der Waals surface area contributed by atoms with Crippen LogP contribution in [0.15, 0.2) is 78.6 Å². The molecule has 0 aliphatic carbocycles. The number of hydrogen-bond acceptors (Lipinski definition) is 5. The predicted octanol–water partition coefficient (Wildman–Crippen LogP) is 4.88. The maximum atomic E-state index is 13.5. The van der Waals surface area contributed by atoms with Gasteiger partial charge in [-0.3, -0.25) is 14.5 Å². The number of ether oxygens (including phenoxy) is 2. The Kier molecular flexibility index (Phi) is 7.63. The number of piperazine rings is 1. The quantitative estimate of drug-likeness (QED) is 0.444. The number of nitrogens with zero attached hydrogens (tertiary/aromatic N) is 3. The van der Waals surface area contributed by atoms with Crippen LogP contribution < -0.4 is 9.64 Å². The fourth-order valence-electron chi connectivity index (χ4n) is 4.77. The molecule has 2 aliphatic rings. The van der Waals surface area contributed by atoms with E-state index >= 15 is 0 Å². The molecule has 1 fully saturated rings. The fourth-order valence-corrected chi connectivity index (χ4v) is 4.77. The van der Waals surface area contributed by atoms with Crippen LogP contribution in [0.1, 0.15) is 34.0 Å². The number of amides is 3. The molecule has 0 saturated carbocycles. The normalized spacial score (nSPS) is 16.1. The summed E-state index contributed by atoms with van der Waals surface area (Å²) in [5, 5.41) is 0. The highest BCUT2D eigenvalue weighted by molar-refractivity contribution is 6.09. The molecule has 0 radical (unpaired) electrons. The Morgan fingerprint density at radius 2 is 1.64 bits per heavy atom. The van der Waals surface area contributed by atoms with Crippen molar-refractivity contribution < 1.29 is 23.9 Å². The summed E-state index contributed by atoms with van der Waals surface area (Å²) in [5.41, 5.74) is 4.18. The SMILES string of the molecule is CCOC(=O)N1CCN(C(=O)c2ccc(C=C3Oc4ccccc4N(Cc4cccc(C)c4)C3=O)cc2)CC1. The van der Waals surface area contributed by atoms with Gasteiger partial charge in [0.15, 0.2) is 11.5 Å². The molecule has 0 N–H and O–H groups in total. The molecule has 0 bridgehead atoms. The Balaban J connectivity index is 1.30. The van der Waals surface area contributed by atoms with Gasteiger partial charge in [0.2, 0.25) is 0 Å². The van der Waals surface area contributed by atoms with Gasteiger partial charge in [-0.05, 0) is 55.3 Å². The highest BCUT2D eigenvalue weighted by atomic mass is 16.6. The van der Waals surface area contributed by atoms with Crippen LogP contribution in [0.25, 0.3) is 6.08 Å². The maximum absolute atomic E-state index is 13.5. The number of carbonyl (C=O) groups is 3. The topological polar surface area (TPSA) is 79.4 Å². The molecular formula is C31H31N3O5. The molecule has 3 amide bonds. The maximum Gasteiger partial charge on any atom is 0.409 e. The average molecular weight is 526 g/mol. The predicted molar refractivity (Wildman–Crippen MR) is 148 cm³/mol. The van der Waals surface area contributed by atoms with Crippen LogP contribution in [-0.4, -0.2) is 60.5 Å². The minimum atomic E-state index is -0.346. The van der Waals surface area contributed by atoms with Crippen molar-refractivity contribution in [3.8, 4) is 5.75 Å². The van der Waals surface area contributed by atoms with Crippen LogP contribution in [0.4, 0.5) is 10.5 Å². The number of rotatable bonds is 5. The molecule has 0 atom stereocenters. The Hall–Kier alpha value is -4.59. The van der Waals surface area contributed by atoms with E-state index in [1.165, 1.54) is 0 Å². The first-order valence-electron chi connectivity index (χ1n) is 13.1. The summed E-state index contributed by atoms with van der Waals surface area (Å²) in [6, 6.07) is 22.7. The zero-order valence-corrected chi connectivity index (χ0v) is 22.1. The molecule has 5 rings (SSSR count). The Morgan fingerprint density at radius 3 is 2.36 bits per heavy atom. The number of anilines is 1.